The van der Waals surface area contributed by atoms with Crippen LogP contribution in [0.1, 0.15) is 26.2 Å². The van der Waals surface area contributed by atoms with Gasteiger partial charge >= 0.3 is 0 Å². The second kappa shape index (κ2) is 4.49. The van der Waals surface area contributed by atoms with Gasteiger partial charge in [0, 0.05) is 19.0 Å². The molecule has 1 aliphatic heterocycles. The van der Waals surface area contributed by atoms with Crippen LogP contribution in [0.25, 0.3) is 0 Å². The third kappa shape index (κ3) is 2.85. The molecule has 14 heavy (non-hydrogen) atoms. The third-order valence-corrected chi connectivity index (χ3v) is 3.09. The molecule has 2 fully saturated rings. The van der Waals surface area contributed by atoms with Crippen LogP contribution < -0.4 is 10.6 Å². The lowest BCUT2D eigenvalue weighted by atomic mass is 9.90. The maximum Gasteiger partial charge on any atom is 0.223 e. The molecular weight excluding hydrogens is 200 g/mol. The molecular formula is C10H19ClN2O. The Morgan fingerprint density at radius 1 is 1.57 bits per heavy atom. The Morgan fingerprint density at radius 2 is 2.29 bits per heavy atom. The third-order valence-electron chi connectivity index (χ3n) is 3.09. The van der Waals surface area contributed by atoms with Gasteiger partial charge in [0.1, 0.15) is 0 Å². The van der Waals surface area contributed by atoms with Crippen LogP contribution >= 0.6 is 12.4 Å². The number of carbonyl (C=O) groups excluding carboxylic acids is 1. The number of amides is 1. The van der Waals surface area contributed by atoms with Gasteiger partial charge in [-0.05, 0) is 31.2 Å². The number of rotatable bonds is 3. The van der Waals surface area contributed by atoms with Crippen molar-refractivity contribution in [1.29, 1.82) is 0 Å². The van der Waals surface area contributed by atoms with E-state index in [2.05, 4.69) is 17.6 Å². The summed E-state index contributed by atoms with van der Waals surface area (Å²) in [5.74, 6) is 0.617. The van der Waals surface area contributed by atoms with Crippen molar-refractivity contribution < 1.29 is 4.79 Å². The Bertz CT molecular complexity index is 210. The molecule has 1 amide bonds. The minimum absolute atomic E-state index is 0. The molecule has 1 saturated heterocycles. The van der Waals surface area contributed by atoms with E-state index >= 15 is 0 Å². The molecule has 0 bridgehead atoms. The zero-order valence-corrected chi connectivity index (χ0v) is 9.45. The van der Waals surface area contributed by atoms with Crippen LogP contribution in [-0.2, 0) is 4.79 Å². The highest BCUT2D eigenvalue weighted by molar-refractivity contribution is 5.85. The van der Waals surface area contributed by atoms with Crippen LogP contribution in [0.15, 0.2) is 0 Å². The minimum atomic E-state index is 0. The highest BCUT2D eigenvalue weighted by Gasteiger charge is 2.33. The lowest BCUT2D eigenvalue weighted by molar-refractivity contribution is -0.122. The molecule has 2 rings (SSSR count). The van der Waals surface area contributed by atoms with E-state index in [-0.39, 0.29) is 18.3 Å². The van der Waals surface area contributed by atoms with Crippen LogP contribution in [0.4, 0.5) is 0 Å². The molecule has 2 aliphatic rings. The van der Waals surface area contributed by atoms with Gasteiger partial charge in [-0.15, -0.1) is 12.4 Å². The first-order valence-corrected chi connectivity index (χ1v) is 5.18. The molecule has 1 saturated carbocycles. The van der Waals surface area contributed by atoms with Crippen molar-refractivity contribution in [3.8, 4) is 0 Å². The fourth-order valence-corrected chi connectivity index (χ4v) is 1.81. The smallest absolute Gasteiger partial charge is 0.223 e. The van der Waals surface area contributed by atoms with Gasteiger partial charge in [-0.2, -0.15) is 0 Å². The molecule has 4 heteroatoms. The van der Waals surface area contributed by atoms with E-state index in [1.165, 1.54) is 6.42 Å². The summed E-state index contributed by atoms with van der Waals surface area (Å²) < 4.78 is 0. The standard InChI is InChI=1S/C10H18N2O.ClH/c1-10(4-5-11-6-10)7-12-9(13)8-2-3-8;/h8,11H,2-7H2,1H3,(H,12,13);1H. The summed E-state index contributed by atoms with van der Waals surface area (Å²) in [6.07, 6.45) is 3.37. The van der Waals surface area contributed by atoms with Crippen molar-refractivity contribution in [2.24, 2.45) is 11.3 Å². The molecule has 2 N–H and O–H groups in total. The molecule has 1 heterocycles. The van der Waals surface area contributed by atoms with Gasteiger partial charge < -0.3 is 10.6 Å². The number of hydrogen-bond acceptors (Lipinski definition) is 2. The Labute approximate surface area is 91.4 Å². The number of carbonyl (C=O) groups is 1. The Balaban J connectivity index is 0.000000980. The number of halogens is 1. The fourth-order valence-electron chi connectivity index (χ4n) is 1.81. The van der Waals surface area contributed by atoms with Crippen molar-refractivity contribution in [1.82, 2.24) is 10.6 Å². The van der Waals surface area contributed by atoms with Crippen LogP contribution in [0, 0.1) is 11.3 Å². The zero-order valence-electron chi connectivity index (χ0n) is 8.64. The van der Waals surface area contributed by atoms with Crippen LogP contribution in [0.3, 0.4) is 0 Å². The maximum absolute atomic E-state index is 11.4. The summed E-state index contributed by atoms with van der Waals surface area (Å²) in [5, 5.41) is 6.38. The highest BCUT2D eigenvalue weighted by atomic mass is 35.5. The molecule has 3 nitrogen and oxygen atoms in total. The predicted molar refractivity (Wildman–Crippen MR) is 58.6 cm³/mol. The summed E-state index contributed by atoms with van der Waals surface area (Å²) >= 11 is 0. The normalized spacial score (nSPS) is 30.9. The van der Waals surface area contributed by atoms with Crippen molar-refractivity contribution >= 4 is 18.3 Å². The number of hydrogen-bond donors (Lipinski definition) is 2. The molecule has 0 aromatic carbocycles. The monoisotopic (exact) mass is 218 g/mol. The molecule has 0 radical (unpaired) electrons. The van der Waals surface area contributed by atoms with Crippen molar-refractivity contribution in [3.63, 3.8) is 0 Å². The van der Waals surface area contributed by atoms with E-state index in [4.69, 9.17) is 0 Å². The lowest BCUT2D eigenvalue weighted by Gasteiger charge is -2.22. The average molecular weight is 219 g/mol. The molecule has 1 unspecified atom stereocenters. The largest absolute Gasteiger partial charge is 0.355 e. The first kappa shape index (κ1) is 11.8. The van der Waals surface area contributed by atoms with E-state index < -0.39 is 0 Å². The average Bonchev–Trinajstić information content (AvgIpc) is 2.87. The van der Waals surface area contributed by atoms with Gasteiger partial charge in [0.2, 0.25) is 5.91 Å². The van der Waals surface area contributed by atoms with Crippen LogP contribution in [0.5, 0.6) is 0 Å². The van der Waals surface area contributed by atoms with E-state index in [9.17, 15) is 4.79 Å². The lowest BCUT2D eigenvalue weighted by Crippen LogP contribution is -2.37. The van der Waals surface area contributed by atoms with Crippen molar-refractivity contribution in [3.05, 3.63) is 0 Å². The number of nitrogens with one attached hydrogen (secondary N) is 2. The molecule has 0 aromatic heterocycles. The molecule has 1 atom stereocenters. The van der Waals surface area contributed by atoms with Crippen molar-refractivity contribution in [2.75, 3.05) is 19.6 Å². The fraction of sp³-hybridized carbons (Fsp3) is 0.900. The van der Waals surface area contributed by atoms with E-state index in [0.717, 1.165) is 32.5 Å². The second-order valence-corrected chi connectivity index (χ2v) is 4.73. The van der Waals surface area contributed by atoms with Gasteiger partial charge in [-0.3, -0.25) is 4.79 Å². The zero-order chi connectivity index (χ0) is 9.31. The summed E-state index contributed by atoms with van der Waals surface area (Å²) in [6.45, 7) is 5.21. The topological polar surface area (TPSA) is 41.1 Å². The summed E-state index contributed by atoms with van der Waals surface area (Å²) in [7, 11) is 0. The quantitative estimate of drug-likeness (QED) is 0.740. The van der Waals surface area contributed by atoms with Gasteiger partial charge in [-0.1, -0.05) is 6.92 Å². The first-order valence-electron chi connectivity index (χ1n) is 5.18. The Kier molecular flexibility index (Phi) is 3.78. The Morgan fingerprint density at radius 3 is 2.79 bits per heavy atom. The summed E-state index contributed by atoms with van der Waals surface area (Å²) in [5.41, 5.74) is 0.296. The molecule has 1 aliphatic carbocycles. The van der Waals surface area contributed by atoms with Gasteiger partial charge in [-0.25, -0.2) is 0 Å². The van der Waals surface area contributed by atoms with Gasteiger partial charge in [0.15, 0.2) is 0 Å². The SMILES string of the molecule is CC1(CNC(=O)C2CC2)CCNC1.Cl. The highest BCUT2D eigenvalue weighted by Crippen LogP contribution is 2.29. The predicted octanol–water partition coefficient (Wildman–Crippen LogP) is 0.934. The van der Waals surface area contributed by atoms with Gasteiger partial charge in [0.25, 0.3) is 0 Å². The molecule has 0 spiro atoms. The summed E-state index contributed by atoms with van der Waals surface area (Å²) in [6, 6.07) is 0. The Hall–Kier alpha value is -0.280. The van der Waals surface area contributed by atoms with Gasteiger partial charge in [0.05, 0.1) is 0 Å². The molecule has 0 aromatic rings. The van der Waals surface area contributed by atoms with Crippen LogP contribution in [-0.4, -0.2) is 25.5 Å². The second-order valence-electron chi connectivity index (χ2n) is 4.73. The minimum Gasteiger partial charge on any atom is -0.355 e. The van der Waals surface area contributed by atoms with Crippen molar-refractivity contribution in [2.45, 2.75) is 26.2 Å². The van der Waals surface area contributed by atoms with E-state index in [1.54, 1.807) is 0 Å². The first-order chi connectivity index (χ1) is 6.20. The van der Waals surface area contributed by atoms with Crippen LogP contribution in [0.2, 0.25) is 0 Å². The van der Waals surface area contributed by atoms with E-state index in [0.29, 0.717) is 11.3 Å². The maximum atomic E-state index is 11.4. The van der Waals surface area contributed by atoms with E-state index in [1.807, 2.05) is 0 Å². The molecule has 82 valence electrons. The summed E-state index contributed by atoms with van der Waals surface area (Å²) in [4.78, 5) is 11.4.